The quantitative estimate of drug-likeness (QED) is 0.637. The lowest BCUT2D eigenvalue weighted by Gasteiger charge is -2.06. The van der Waals surface area contributed by atoms with Crippen LogP contribution in [0.2, 0.25) is 0 Å². The highest BCUT2D eigenvalue weighted by atomic mass is 16.5. The number of nitrogens with zero attached hydrogens (tertiary/aromatic N) is 1. The lowest BCUT2D eigenvalue weighted by atomic mass is 10.2. The topological polar surface area (TPSA) is 90.5 Å². The molecule has 2 heterocycles. The molecule has 0 fully saturated rings. The smallest absolute Gasteiger partial charge is 0.306 e. The van der Waals surface area contributed by atoms with Gasteiger partial charge in [-0.3, -0.25) is 19.7 Å². The molecule has 0 spiro atoms. The lowest BCUT2D eigenvalue weighted by Crippen LogP contribution is -2.35. The molecule has 0 saturated carbocycles. The fourth-order valence-electron chi connectivity index (χ4n) is 2.64. The monoisotopic (exact) mass is 380 g/mol. The first-order valence-electron chi connectivity index (χ1n) is 8.78. The van der Waals surface area contributed by atoms with Crippen LogP contribution in [0.5, 0.6) is 0 Å². The third-order valence-corrected chi connectivity index (χ3v) is 4.09. The number of carbonyl (C=O) groups excluding carboxylic acids is 3. The van der Waals surface area contributed by atoms with Gasteiger partial charge in [0, 0.05) is 25.2 Å². The van der Waals surface area contributed by atoms with Crippen LogP contribution in [0, 0.1) is 0 Å². The van der Waals surface area contributed by atoms with Crippen molar-refractivity contribution in [3.8, 4) is 11.3 Å². The number of aryl methyl sites for hydroxylation is 2. The SMILES string of the molecule is Cn1cccc1C(=O)NC(=O)COC(=O)CCc1ccc(-c2ccccc2)o1. The highest BCUT2D eigenvalue weighted by Gasteiger charge is 2.15. The van der Waals surface area contributed by atoms with Gasteiger partial charge in [0.15, 0.2) is 6.61 Å². The van der Waals surface area contributed by atoms with Gasteiger partial charge in [0.25, 0.3) is 11.8 Å². The maximum atomic E-state index is 11.9. The molecule has 0 atom stereocenters. The fourth-order valence-corrected chi connectivity index (χ4v) is 2.64. The molecule has 2 aromatic heterocycles. The Morgan fingerprint density at radius 3 is 2.54 bits per heavy atom. The molecule has 0 saturated heterocycles. The van der Waals surface area contributed by atoms with Gasteiger partial charge in [-0.25, -0.2) is 0 Å². The van der Waals surface area contributed by atoms with E-state index in [9.17, 15) is 14.4 Å². The molecule has 3 rings (SSSR count). The van der Waals surface area contributed by atoms with Crippen molar-refractivity contribution in [1.29, 1.82) is 0 Å². The minimum atomic E-state index is -0.677. The molecular formula is C21H20N2O5. The van der Waals surface area contributed by atoms with Crippen molar-refractivity contribution in [3.05, 3.63) is 72.2 Å². The number of benzene rings is 1. The van der Waals surface area contributed by atoms with Gasteiger partial charge in [0.1, 0.15) is 17.2 Å². The molecule has 28 heavy (non-hydrogen) atoms. The largest absolute Gasteiger partial charge is 0.461 e. The normalized spacial score (nSPS) is 10.5. The molecule has 7 heteroatoms. The van der Waals surface area contributed by atoms with E-state index in [2.05, 4.69) is 5.32 Å². The average molecular weight is 380 g/mol. The van der Waals surface area contributed by atoms with Crippen LogP contribution in [0.15, 0.2) is 65.2 Å². The molecule has 2 amide bonds. The number of nitrogens with one attached hydrogen (secondary N) is 1. The molecule has 0 bridgehead atoms. The minimum absolute atomic E-state index is 0.0702. The lowest BCUT2D eigenvalue weighted by molar-refractivity contribution is -0.148. The molecule has 0 unspecified atom stereocenters. The van der Waals surface area contributed by atoms with Crippen LogP contribution in [0.25, 0.3) is 11.3 Å². The Kier molecular flexibility index (Phi) is 6.06. The third-order valence-electron chi connectivity index (χ3n) is 4.09. The van der Waals surface area contributed by atoms with Crippen molar-refractivity contribution in [2.45, 2.75) is 12.8 Å². The number of hydrogen-bond acceptors (Lipinski definition) is 5. The Balaban J connectivity index is 1.41. The van der Waals surface area contributed by atoms with E-state index in [4.69, 9.17) is 9.15 Å². The van der Waals surface area contributed by atoms with Gasteiger partial charge in [-0.05, 0) is 24.3 Å². The predicted octanol–water partition coefficient (Wildman–Crippen LogP) is 2.72. The highest BCUT2D eigenvalue weighted by molar-refractivity contribution is 6.04. The van der Waals surface area contributed by atoms with Gasteiger partial charge in [-0.15, -0.1) is 0 Å². The van der Waals surface area contributed by atoms with E-state index in [1.165, 1.54) is 0 Å². The second-order valence-electron chi connectivity index (χ2n) is 6.17. The van der Waals surface area contributed by atoms with Gasteiger partial charge in [0.05, 0.1) is 6.42 Å². The van der Waals surface area contributed by atoms with Gasteiger partial charge in [-0.2, -0.15) is 0 Å². The van der Waals surface area contributed by atoms with Crippen LogP contribution < -0.4 is 5.32 Å². The van der Waals surface area contributed by atoms with E-state index >= 15 is 0 Å². The third kappa shape index (κ3) is 4.97. The Hall–Kier alpha value is -3.61. The van der Waals surface area contributed by atoms with Crippen molar-refractivity contribution in [2.24, 2.45) is 7.05 Å². The molecule has 0 aliphatic rings. The van der Waals surface area contributed by atoms with Crippen LogP contribution >= 0.6 is 0 Å². The fraction of sp³-hybridized carbons (Fsp3) is 0.190. The average Bonchev–Trinajstić information content (AvgIpc) is 3.34. The molecule has 144 valence electrons. The summed E-state index contributed by atoms with van der Waals surface area (Å²) in [7, 11) is 1.69. The molecule has 1 aromatic carbocycles. The molecule has 0 radical (unpaired) electrons. The molecule has 0 aliphatic carbocycles. The highest BCUT2D eigenvalue weighted by Crippen LogP contribution is 2.22. The maximum absolute atomic E-state index is 11.9. The van der Waals surface area contributed by atoms with E-state index in [0.717, 1.165) is 11.3 Å². The van der Waals surface area contributed by atoms with Gasteiger partial charge < -0.3 is 13.7 Å². The first kappa shape index (κ1) is 19.2. The van der Waals surface area contributed by atoms with Crippen LogP contribution in [0.1, 0.15) is 22.7 Å². The summed E-state index contributed by atoms with van der Waals surface area (Å²) in [5, 5.41) is 2.18. The molecule has 7 nitrogen and oxygen atoms in total. The molecule has 0 aliphatic heterocycles. The first-order valence-corrected chi connectivity index (χ1v) is 8.78. The Morgan fingerprint density at radius 1 is 1.04 bits per heavy atom. The van der Waals surface area contributed by atoms with Crippen molar-refractivity contribution < 1.29 is 23.5 Å². The van der Waals surface area contributed by atoms with Crippen molar-refractivity contribution >= 4 is 17.8 Å². The van der Waals surface area contributed by atoms with Crippen molar-refractivity contribution in [2.75, 3.05) is 6.61 Å². The van der Waals surface area contributed by atoms with Crippen LogP contribution in [-0.2, 0) is 27.8 Å². The second kappa shape index (κ2) is 8.85. The summed E-state index contributed by atoms with van der Waals surface area (Å²) in [6.45, 7) is -0.511. The Bertz CT molecular complexity index is 972. The predicted molar refractivity (Wildman–Crippen MR) is 101 cm³/mol. The Morgan fingerprint density at radius 2 is 1.82 bits per heavy atom. The van der Waals surface area contributed by atoms with Crippen LogP contribution in [-0.4, -0.2) is 29.0 Å². The van der Waals surface area contributed by atoms with E-state index in [-0.39, 0.29) is 6.42 Å². The van der Waals surface area contributed by atoms with Crippen molar-refractivity contribution in [1.82, 2.24) is 9.88 Å². The summed E-state index contributed by atoms with van der Waals surface area (Å²) >= 11 is 0. The number of amides is 2. The number of hydrogen-bond donors (Lipinski definition) is 1. The summed E-state index contributed by atoms with van der Waals surface area (Å²) in [5.41, 5.74) is 1.29. The number of aromatic nitrogens is 1. The number of imide groups is 1. The number of rotatable bonds is 7. The number of esters is 1. The summed E-state index contributed by atoms with van der Waals surface area (Å²) in [4.78, 5) is 35.5. The first-order chi connectivity index (χ1) is 13.5. The summed E-state index contributed by atoms with van der Waals surface area (Å²) in [6.07, 6.45) is 2.12. The summed E-state index contributed by atoms with van der Waals surface area (Å²) < 4.78 is 12.2. The summed E-state index contributed by atoms with van der Waals surface area (Å²) in [6, 6.07) is 16.6. The van der Waals surface area contributed by atoms with Gasteiger partial charge in [0.2, 0.25) is 0 Å². The van der Waals surface area contributed by atoms with E-state index in [1.54, 1.807) is 36.0 Å². The summed E-state index contributed by atoms with van der Waals surface area (Å²) in [5.74, 6) is -0.387. The van der Waals surface area contributed by atoms with E-state index in [1.807, 2.05) is 36.4 Å². The zero-order chi connectivity index (χ0) is 19.9. The zero-order valence-corrected chi connectivity index (χ0v) is 15.4. The van der Waals surface area contributed by atoms with Crippen LogP contribution in [0.4, 0.5) is 0 Å². The van der Waals surface area contributed by atoms with Crippen molar-refractivity contribution in [3.63, 3.8) is 0 Å². The van der Waals surface area contributed by atoms with Gasteiger partial charge >= 0.3 is 5.97 Å². The molecule has 1 N–H and O–H groups in total. The number of carbonyl (C=O) groups is 3. The zero-order valence-electron chi connectivity index (χ0n) is 15.4. The van der Waals surface area contributed by atoms with Crippen LogP contribution in [0.3, 0.4) is 0 Å². The minimum Gasteiger partial charge on any atom is -0.461 e. The van der Waals surface area contributed by atoms with E-state index < -0.39 is 24.4 Å². The molecular weight excluding hydrogens is 360 g/mol. The number of ether oxygens (including phenoxy) is 1. The maximum Gasteiger partial charge on any atom is 0.306 e. The van der Waals surface area contributed by atoms with E-state index in [0.29, 0.717) is 17.9 Å². The number of furan rings is 1. The Labute approximate surface area is 161 Å². The van der Waals surface area contributed by atoms with Gasteiger partial charge in [-0.1, -0.05) is 30.3 Å². The molecule has 3 aromatic rings. The second-order valence-corrected chi connectivity index (χ2v) is 6.17. The standard InChI is InChI=1S/C21H20N2O5/c1-23-13-5-8-17(23)21(26)22-19(24)14-27-20(25)12-10-16-9-11-18(28-16)15-6-3-2-4-7-15/h2-9,11,13H,10,12,14H2,1H3,(H,22,24,26).